The van der Waals surface area contributed by atoms with Crippen molar-refractivity contribution in [2.45, 2.75) is 0 Å². The summed E-state index contributed by atoms with van der Waals surface area (Å²) in [4.78, 5) is 0. The highest BCUT2D eigenvalue weighted by Crippen LogP contribution is 2.27. The minimum absolute atomic E-state index is 0.777. The summed E-state index contributed by atoms with van der Waals surface area (Å²) < 4.78 is 0. The number of benzene rings is 3. The van der Waals surface area contributed by atoms with Gasteiger partial charge in [0, 0.05) is 22.3 Å². The van der Waals surface area contributed by atoms with E-state index < -0.39 is 0 Å². The Kier molecular flexibility index (Phi) is 7.03. The van der Waals surface area contributed by atoms with Crippen LogP contribution in [0.15, 0.2) is 72.8 Å². The first-order valence-electron chi connectivity index (χ1n) is 8.56. The molecule has 0 aromatic heterocycles. The molecule has 0 saturated carbocycles. The third-order valence-corrected chi connectivity index (χ3v) is 4.44. The van der Waals surface area contributed by atoms with E-state index >= 15 is 0 Å². The van der Waals surface area contributed by atoms with Crippen molar-refractivity contribution in [3.05, 3.63) is 95.1 Å². The molecular weight excluding hydrogens is 374 g/mol. The first-order valence-corrected chi connectivity index (χ1v) is 10.7. The van der Waals surface area contributed by atoms with Gasteiger partial charge in [-0.15, -0.1) is 0 Å². The second-order valence-corrected chi connectivity index (χ2v) is 6.79. The summed E-state index contributed by atoms with van der Waals surface area (Å²) in [7, 11) is 1.56. The minimum atomic E-state index is 0.777. The van der Waals surface area contributed by atoms with Crippen molar-refractivity contribution >= 4 is 29.0 Å². The zero-order chi connectivity index (χ0) is 19.6. The molecule has 0 radical (unpaired) electrons. The fourth-order valence-corrected chi connectivity index (χ4v) is 3.03. The summed E-state index contributed by atoms with van der Waals surface area (Å²) >= 11 is 0. The van der Waals surface area contributed by atoms with Crippen LogP contribution in [0.5, 0.6) is 0 Å². The van der Waals surface area contributed by atoms with Crippen molar-refractivity contribution in [2.75, 3.05) is 0 Å². The van der Waals surface area contributed by atoms with Crippen molar-refractivity contribution in [3.63, 3.8) is 0 Å². The van der Waals surface area contributed by atoms with Crippen molar-refractivity contribution in [1.29, 1.82) is 0 Å². The van der Waals surface area contributed by atoms with Gasteiger partial charge in [-0.3, -0.25) is 0 Å². The Balaban J connectivity index is 2.24. The monoisotopic (exact) mass is 390 g/mol. The third-order valence-electron chi connectivity index (χ3n) is 3.90. The molecular formula is C26H16P2. The number of hydrogen-bond donors (Lipinski definition) is 0. The molecule has 0 unspecified atom stereocenters. The average molecular weight is 390 g/mol. The van der Waals surface area contributed by atoms with E-state index in [9.17, 15) is 0 Å². The van der Waals surface area contributed by atoms with Gasteiger partial charge in [-0.05, 0) is 63.1 Å². The molecule has 0 aliphatic rings. The van der Waals surface area contributed by atoms with Gasteiger partial charge in [0.2, 0.25) is 0 Å². The van der Waals surface area contributed by atoms with Gasteiger partial charge in [0.1, 0.15) is 0 Å². The molecule has 0 N–H and O–H groups in total. The molecule has 0 amide bonds. The van der Waals surface area contributed by atoms with E-state index in [4.69, 9.17) is 0 Å². The summed E-state index contributed by atoms with van der Waals surface area (Å²) in [6.45, 7) is 0. The van der Waals surface area contributed by atoms with E-state index in [1.165, 1.54) is 0 Å². The maximum Gasteiger partial charge on any atom is 0.0422 e. The van der Waals surface area contributed by atoms with Gasteiger partial charge in [0.25, 0.3) is 0 Å². The van der Waals surface area contributed by atoms with Gasteiger partial charge in [-0.1, -0.05) is 84.8 Å². The Labute approximate surface area is 170 Å². The van der Waals surface area contributed by atoms with Gasteiger partial charge in [-0.2, -0.15) is 0 Å². The fraction of sp³-hybridized carbons (Fsp3) is 0. The molecule has 3 aromatic carbocycles. The average Bonchev–Trinajstić information content (AvgIpc) is 2.76. The van der Waals surface area contributed by atoms with E-state index in [1.807, 2.05) is 54.6 Å². The van der Waals surface area contributed by atoms with Crippen LogP contribution in [-0.2, 0) is 0 Å². The van der Waals surface area contributed by atoms with Gasteiger partial charge >= 0.3 is 0 Å². The lowest BCUT2D eigenvalue weighted by Crippen LogP contribution is -1.92. The highest BCUT2D eigenvalue weighted by atomic mass is 31.1. The summed E-state index contributed by atoms with van der Waals surface area (Å²) in [5.41, 5.74) is 11.9. The first kappa shape index (κ1) is 19.4. The molecule has 0 fully saturated rings. The van der Waals surface area contributed by atoms with Crippen molar-refractivity contribution in [2.24, 2.45) is 0 Å². The van der Waals surface area contributed by atoms with E-state index in [-0.39, 0.29) is 0 Å². The maximum atomic E-state index is 3.78. The molecule has 3 aromatic rings. The predicted octanol–water partition coefficient (Wildman–Crippen LogP) is 6.13. The van der Waals surface area contributed by atoms with Crippen molar-refractivity contribution in [3.8, 4) is 46.1 Å². The second-order valence-electron chi connectivity index (χ2n) is 5.72. The smallest absolute Gasteiger partial charge is 0.0422 e. The molecule has 0 atom stereocenters. The number of hydrogen-bond acceptors (Lipinski definition) is 0. The molecule has 0 bridgehead atoms. The Morgan fingerprint density at radius 2 is 1.14 bits per heavy atom. The van der Waals surface area contributed by atoms with Crippen LogP contribution in [0, 0.1) is 35.0 Å². The second kappa shape index (κ2) is 10.1. The lowest BCUT2D eigenvalue weighted by Gasteiger charge is -2.08. The molecule has 130 valence electrons. The quantitative estimate of drug-likeness (QED) is 0.346. The molecule has 0 nitrogen and oxygen atoms in total. The normalized spacial score (nSPS) is 9.43. The Bertz CT molecular complexity index is 1190. The zero-order valence-electron chi connectivity index (χ0n) is 15.2. The van der Waals surface area contributed by atoms with Crippen molar-refractivity contribution in [1.82, 2.24) is 0 Å². The predicted molar refractivity (Wildman–Crippen MR) is 126 cm³/mol. The van der Waals surface area contributed by atoms with Crippen molar-refractivity contribution < 1.29 is 0 Å². The van der Waals surface area contributed by atoms with Gasteiger partial charge in [-0.25, -0.2) is 0 Å². The molecule has 3 rings (SSSR count). The lowest BCUT2D eigenvalue weighted by molar-refractivity contribution is 1.52. The highest BCUT2D eigenvalue weighted by molar-refractivity contribution is 7.42. The van der Waals surface area contributed by atoms with Crippen LogP contribution in [0.4, 0.5) is 0 Å². The Morgan fingerprint density at radius 1 is 0.571 bits per heavy atom. The van der Waals surface area contributed by atoms with Crippen LogP contribution in [0.2, 0.25) is 0 Å². The lowest BCUT2D eigenvalue weighted by atomic mass is 9.94. The van der Waals surface area contributed by atoms with Gasteiger partial charge < -0.3 is 0 Å². The SMILES string of the molecule is C=PC#Cc1cc(C#Cc2ccccc2)c(-c2ccccc2)cc1C#CP=C. The van der Waals surface area contributed by atoms with E-state index in [2.05, 4.69) is 65.8 Å². The molecule has 0 saturated heterocycles. The summed E-state index contributed by atoms with van der Waals surface area (Å²) in [5, 5.41) is 0. The molecule has 2 heteroatoms. The fourth-order valence-electron chi connectivity index (χ4n) is 2.63. The first-order chi connectivity index (χ1) is 13.8. The highest BCUT2D eigenvalue weighted by Gasteiger charge is 2.08. The van der Waals surface area contributed by atoms with E-state index in [0.29, 0.717) is 0 Å². The standard InChI is InChI=1S/C26H16P2/c1-27-17-15-23-19-25(14-13-21-9-5-3-6-10-21)26(20-24(23)16-18-28-2)22-11-7-4-8-12-22/h3-12,19-20H,1-2H2. The minimum Gasteiger partial charge on any atom is -0.0627 e. The molecule has 0 heterocycles. The Hall–Kier alpha value is -3.32. The molecule has 0 aliphatic carbocycles. The summed E-state index contributed by atoms with van der Waals surface area (Å²) in [5.74, 6) is 12.9. The summed E-state index contributed by atoms with van der Waals surface area (Å²) in [6, 6.07) is 24.3. The zero-order valence-corrected chi connectivity index (χ0v) is 17.0. The molecule has 28 heavy (non-hydrogen) atoms. The molecule has 0 spiro atoms. The van der Waals surface area contributed by atoms with Crippen LogP contribution in [0.1, 0.15) is 22.3 Å². The third kappa shape index (κ3) is 5.11. The van der Waals surface area contributed by atoms with Gasteiger partial charge in [0.15, 0.2) is 0 Å². The van der Waals surface area contributed by atoms with E-state index in [1.54, 1.807) is 0 Å². The van der Waals surface area contributed by atoms with Crippen LogP contribution >= 0.6 is 16.4 Å². The van der Waals surface area contributed by atoms with Crippen LogP contribution in [0.25, 0.3) is 11.1 Å². The van der Waals surface area contributed by atoms with Crippen LogP contribution in [0.3, 0.4) is 0 Å². The van der Waals surface area contributed by atoms with Crippen LogP contribution < -0.4 is 0 Å². The van der Waals surface area contributed by atoms with Gasteiger partial charge in [0.05, 0.1) is 0 Å². The Morgan fingerprint density at radius 3 is 1.75 bits per heavy atom. The van der Waals surface area contributed by atoms with E-state index in [0.717, 1.165) is 49.8 Å². The van der Waals surface area contributed by atoms with Crippen LogP contribution in [-0.4, -0.2) is 12.6 Å². The number of rotatable bonds is 1. The molecule has 0 aliphatic heterocycles. The largest absolute Gasteiger partial charge is 0.0627 e. The maximum absolute atomic E-state index is 3.78. The topological polar surface area (TPSA) is 0 Å². The summed E-state index contributed by atoms with van der Waals surface area (Å²) in [6.07, 6.45) is 7.56.